The number of benzene rings is 1. The van der Waals surface area contributed by atoms with E-state index < -0.39 is 0 Å². The molecule has 1 aromatic carbocycles. The Bertz CT molecular complexity index is 756. The smallest absolute Gasteiger partial charge is 0.329 e. The predicted octanol–water partition coefficient (Wildman–Crippen LogP) is 1.51. The second kappa shape index (κ2) is 6.58. The van der Waals surface area contributed by atoms with Gasteiger partial charge in [0, 0.05) is 13.2 Å². The molecule has 0 spiro atoms. The number of aryl methyl sites for hydroxylation is 1. The molecule has 124 valence electrons. The van der Waals surface area contributed by atoms with E-state index in [1.54, 1.807) is 4.57 Å². The molecule has 1 aromatic heterocycles. The highest BCUT2D eigenvalue weighted by molar-refractivity contribution is 5.81. The number of ether oxygens (including phenoxy) is 1. The van der Waals surface area contributed by atoms with Crippen LogP contribution in [0.15, 0.2) is 29.1 Å². The minimum Gasteiger partial charge on any atom is -0.376 e. The molecule has 6 nitrogen and oxygen atoms in total. The molecule has 1 amide bonds. The minimum atomic E-state index is -0.158. The van der Waals surface area contributed by atoms with E-state index in [4.69, 9.17) is 4.74 Å². The van der Waals surface area contributed by atoms with Gasteiger partial charge in [-0.25, -0.2) is 4.79 Å². The summed E-state index contributed by atoms with van der Waals surface area (Å²) in [5.41, 5.74) is 1.51. The van der Waals surface area contributed by atoms with Gasteiger partial charge in [0.05, 0.1) is 23.2 Å². The molecule has 6 heteroatoms. The number of hydrogen-bond acceptors (Lipinski definition) is 3. The van der Waals surface area contributed by atoms with Crippen LogP contribution in [0.25, 0.3) is 11.0 Å². The van der Waals surface area contributed by atoms with Crippen molar-refractivity contribution in [2.75, 3.05) is 6.61 Å². The summed E-state index contributed by atoms with van der Waals surface area (Å²) in [6, 6.07) is 7.52. The zero-order valence-corrected chi connectivity index (χ0v) is 13.6. The van der Waals surface area contributed by atoms with Crippen molar-refractivity contribution in [2.45, 2.75) is 51.9 Å². The van der Waals surface area contributed by atoms with Gasteiger partial charge in [-0.15, -0.1) is 0 Å². The highest BCUT2D eigenvalue weighted by Gasteiger charge is 2.24. The normalized spacial score (nSPS) is 19.1. The highest BCUT2D eigenvalue weighted by Crippen LogP contribution is 2.16. The van der Waals surface area contributed by atoms with Crippen molar-refractivity contribution in [2.24, 2.45) is 0 Å². The average Bonchev–Trinajstić information content (AvgIpc) is 3.15. The number of imidazole rings is 1. The standard InChI is InChI=1S/C17H23N3O3/c1-3-19-13-7-4-5-8-14(13)20(17(19)22)11-16(21)18-12(2)15-9-6-10-23-15/h4-5,7-8,12,15H,3,6,9-11H2,1-2H3,(H,18,21)/t12-,15+/m1/s1. The summed E-state index contributed by atoms with van der Waals surface area (Å²) in [5, 5.41) is 2.96. The molecular weight excluding hydrogens is 294 g/mol. The van der Waals surface area contributed by atoms with Crippen LogP contribution >= 0.6 is 0 Å². The molecule has 1 fully saturated rings. The highest BCUT2D eigenvalue weighted by atomic mass is 16.5. The number of hydrogen-bond donors (Lipinski definition) is 1. The van der Waals surface area contributed by atoms with E-state index in [9.17, 15) is 9.59 Å². The first-order chi connectivity index (χ1) is 11.1. The van der Waals surface area contributed by atoms with Crippen LogP contribution in [0.5, 0.6) is 0 Å². The first-order valence-corrected chi connectivity index (χ1v) is 8.21. The maximum absolute atomic E-state index is 12.5. The van der Waals surface area contributed by atoms with Gasteiger partial charge in [0.15, 0.2) is 0 Å². The quantitative estimate of drug-likeness (QED) is 0.909. The predicted molar refractivity (Wildman–Crippen MR) is 88.5 cm³/mol. The lowest BCUT2D eigenvalue weighted by Crippen LogP contribution is -2.43. The van der Waals surface area contributed by atoms with Crippen LogP contribution in [-0.2, 0) is 22.6 Å². The fourth-order valence-corrected chi connectivity index (χ4v) is 3.26. The molecule has 0 aliphatic carbocycles. The Hall–Kier alpha value is -2.08. The third kappa shape index (κ3) is 3.03. The molecule has 1 aliphatic rings. The summed E-state index contributed by atoms with van der Waals surface area (Å²) in [7, 11) is 0. The zero-order valence-electron chi connectivity index (χ0n) is 13.6. The van der Waals surface area contributed by atoms with E-state index in [-0.39, 0.29) is 30.3 Å². The summed E-state index contributed by atoms with van der Waals surface area (Å²) in [5.74, 6) is -0.158. The fourth-order valence-electron chi connectivity index (χ4n) is 3.26. The van der Waals surface area contributed by atoms with Gasteiger partial charge < -0.3 is 10.1 Å². The molecule has 0 saturated carbocycles. The Labute approximate surface area is 135 Å². The van der Waals surface area contributed by atoms with Crippen LogP contribution in [-0.4, -0.2) is 33.8 Å². The zero-order chi connectivity index (χ0) is 16.4. The second-order valence-electron chi connectivity index (χ2n) is 6.01. The number of nitrogens with zero attached hydrogens (tertiary/aromatic N) is 2. The molecule has 0 unspecified atom stereocenters. The Morgan fingerprint density at radius 2 is 2.04 bits per heavy atom. The lowest BCUT2D eigenvalue weighted by molar-refractivity contribution is -0.123. The van der Waals surface area contributed by atoms with Gasteiger partial charge in [0.25, 0.3) is 0 Å². The summed E-state index contributed by atoms with van der Waals surface area (Å²) in [6.07, 6.45) is 2.08. The molecule has 2 atom stereocenters. The van der Waals surface area contributed by atoms with Crippen molar-refractivity contribution >= 4 is 16.9 Å². The van der Waals surface area contributed by atoms with Gasteiger partial charge in [-0.1, -0.05) is 12.1 Å². The van der Waals surface area contributed by atoms with Crippen LogP contribution in [0.4, 0.5) is 0 Å². The molecule has 1 saturated heterocycles. The summed E-state index contributed by atoms with van der Waals surface area (Å²) < 4.78 is 8.82. The SMILES string of the molecule is CCn1c(=O)n(CC(=O)N[C@H](C)[C@@H]2CCCO2)c2ccccc21. The molecular formula is C17H23N3O3. The van der Waals surface area contributed by atoms with Gasteiger partial charge in [-0.05, 0) is 38.8 Å². The first-order valence-electron chi connectivity index (χ1n) is 8.21. The Kier molecular flexibility index (Phi) is 4.52. The van der Waals surface area contributed by atoms with Gasteiger partial charge in [-0.3, -0.25) is 13.9 Å². The van der Waals surface area contributed by atoms with E-state index in [2.05, 4.69) is 5.32 Å². The molecule has 23 heavy (non-hydrogen) atoms. The third-order valence-electron chi connectivity index (χ3n) is 4.45. The van der Waals surface area contributed by atoms with E-state index in [0.717, 1.165) is 30.5 Å². The van der Waals surface area contributed by atoms with Crippen molar-refractivity contribution in [3.63, 3.8) is 0 Å². The Morgan fingerprint density at radius 1 is 1.35 bits per heavy atom. The number of carbonyl (C=O) groups is 1. The molecule has 2 heterocycles. The first kappa shape index (κ1) is 15.8. The van der Waals surface area contributed by atoms with Crippen LogP contribution in [0, 0.1) is 0 Å². The maximum Gasteiger partial charge on any atom is 0.329 e. The maximum atomic E-state index is 12.5. The molecule has 3 rings (SSSR count). The number of aromatic nitrogens is 2. The van der Waals surface area contributed by atoms with E-state index in [0.29, 0.717) is 6.54 Å². The number of carbonyl (C=O) groups excluding carboxylic acids is 1. The van der Waals surface area contributed by atoms with Crippen LogP contribution in [0.3, 0.4) is 0 Å². The number of fused-ring (bicyclic) bond motifs is 1. The van der Waals surface area contributed by atoms with Crippen molar-refractivity contribution in [3.8, 4) is 0 Å². The van der Waals surface area contributed by atoms with E-state index in [1.165, 1.54) is 4.57 Å². The Morgan fingerprint density at radius 3 is 2.65 bits per heavy atom. The number of nitrogens with one attached hydrogen (secondary N) is 1. The van der Waals surface area contributed by atoms with Crippen LogP contribution in [0.1, 0.15) is 26.7 Å². The summed E-state index contributed by atoms with van der Waals surface area (Å²) in [6.45, 7) is 5.25. The van der Waals surface area contributed by atoms with Crippen molar-refractivity contribution in [3.05, 3.63) is 34.7 Å². The summed E-state index contributed by atoms with van der Waals surface area (Å²) >= 11 is 0. The van der Waals surface area contributed by atoms with Gasteiger partial charge in [-0.2, -0.15) is 0 Å². The monoisotopic (exact) mass is 317 g/mol. The van der Waals surface area contributed by atoms with E-state index in [1.807, 2.05) is 38.1 Å². The van der Waals surface area contributed by atoms with Crippen LogP contribution < -0.4 is 11.0 Å². The number of para-hydroxylation sites is 2. The third-order valence-corrected chi connectivity index (χ3v) is 4.45. The van der Waals surface area contributed by atoms with E-state index >= 15 is 0 Å². The van der Waals surface area contributed by atoms with Crippen molar-refractivity contribution < 1.29 is 9.53 Å². The Balaban J connectivity index is 1.79. The molecule has 0 bridgehead atoms. The van der Waals surface area contributed by atoms with Gasteiger partial charge in [0.2, 0.25) is 5.91 Å². The second-order valence-corrected chi connectivity index (χ2v) is 6.01. The number of rotatable bonds is 5. The minimum absolute atomic E-state index is 0.0312. The summed E-state index contributed by atoms with van der Waals surface area (Å²) in [4.78, 5) is 24.9. The largest absolute Gasteiger partial charge is 0.376 e. The van der Waals surface area contributed by atoms with Crippen molar-refractivity contribution in [1.29, 1.82) is 0 Å². The fraction of sp³-hybridized carbons (Fsp3) is 0.529. The molecule has 1 N–H and O–H groups in total. The topological polar surface area (TPSA) is 65.3 Å². The van der Waals surface area contributed by atoms with Crippen LogP contribution in [0.2, 0.25) is 0 Å². The number of amides is 1. The average molecular weight is 317 g/mol. The molecule has 2 aromatic rings. The lowest BCUT2D eigenvalue weighted by atomic mass is 10.1. The molecule has 0 radical (unpaired) electrons. The van der Waals surface area contributed by atoms with Crippen molar-refractivity contribution in [1.82, 2.24) is 14.5 Å². The lowest BCUT2D eigenvalue weighted by Gasteiger charge is -2.20. The van der Waals surface area contributed by atoms with Gasteiger partial charge in [0.1, 0.15) is 6.54 Å². The van der Waals surface area contributed by atoms with Gasteiger partial charge >= 0.3 is 5.69 Å². The molecule has 1 aliphatic heterocycles.